The van der Waals surface area contributed by atoms with Crippen molar-refractivity contribution in [1.82, 2.24) is 5.32 Å². The Morgan fingerprint density at radius 3 is 2.64 bits per heavy atom. The van der Waals surface area contributed by atoms with Gasteiger partial charge >= 0.3 is 0 Å². The molecular formula is C17H27NO4. The Bertz CT molecular complexity index is 515. The van der Waals surface area contributed by atoms with Crippen LogP contribution in [0, 0.1) is 25.7 Å². The molecule has 2 N–H and O–H groups in total. The molecule has 0 saturated carbocycles. The molecule has 2 rings (SSSR count). The van der Waals surface area contributed by atoms with Crippen LogP contribution in [-0.2, 0) is 15.1 Å². The van der Waals surface area contributed by atoms with Gasteiger partial charge in [0.2, 0.25) is 5.91 Å². The summed E-state index contributed by atoms with van der Waals surface area (Å²) >= 11 is 0. The maximum Gasteiger partial charge on any atom is 0.223 e. The third kappa shape index (κ3) is 3.90. The number of ether oxygens (including phenoxy) is 1. The number of hydrogen-bond donors (Lipinski definition) is 2. The molecule has 1 aromatic heterocycles. The second-order valence-corrected chi connectivity index (χ2v) is 6.56. The van der Waals surface area contributed by atoms with Crippen molar-refractivity contribution in [2.75, 3.05) is 19.8 Å². The van der Waals surface area contributed by atoms with E-state index in [4.69, 9.17) is 9.15 Å². The lowest BCUT2D eigenvalue weighted by Crippen LogP contribution is -2.42. The highest BCUT2D eigenvalue weighted by Crippen LogP contribution is 2.27. The van der Waals surface area contributed by atoms with E-state index in [2.05, 4.69) is 5.32 Å². The maximum atomic E-state index is 12.3. The van der Waals surface area contributed by atoms with Crippen LogP contribution in [0.5, 0.6) is 0 Å². The van der Waals surface area contributed by atoms with Gasteiger partial charge in [0, 0.05) is 24.7 Å². The molecule has 1 aliphatic rings. The summed E-state index contributed by atoms with van der Waals surface area (Å²) in [5.41, 5.74) is -0.406. The normalized spacial score (nSPS) is 20.4. The average molecular weight is 309 g/mol. The third-order valence-electron chi connectivity index (χ3n) is 4.61. The van der Waals surface area contributed by atoms with E-state index in [9.17, 15) is 9.90 Å². The van der Waals surface area contributed by atoms with Gasteiger partial charge in [0.05, 0.1) is 6.54 Å². The molecule has 1 aliphatic heterocycles. The predicted octanol–water partition coefficient (Wildman–Crippen LogP) is 2.28. The molecule has 2 heterocycles. The minimum atomic E-state index is -1.13. The number of carbonyl (C=O) groups excluding carboxylic acids is 1. The van der Waals surface area contributed by atoms with Crippen LogP contribution in [0.2, 0.25) is 0 Å². The summed E-state index contributed by atoms with van der Waals surface area (Å²) in [7, 11) is 0. The molecule has 5 heteroatoms. The number of carbonyl (C=O) groups is 1. The Hall–Kier alpha value is -1.33. The molecule has 0 aromatic carbocycles. The lowest BCUT2D eigenvalue weighted by atomic mass is 9.86. The Morgan fingerprint density at radius 1 is 1.45 bits per heavy atom. The zero-order chi connectivity index (χ0) is 16.3. The molecule has 0 bridgehead atoms. The molecule has 5 nitrogen and oxygen atoms in total. The van der Waals surface area contributed by atoms with Crippen molar-refractivity contribution in [3.05, 3.63) is 23.2 Å². The molecule has 2 unspecified atom stereocenters. The van der Waals surface area contributed by atoms with E-state index < -0.39 is 5.60 Å². The van der Waals surface area contributed by atoms with Crippen molar-refractivity contribution in [2.45, 2.75) is 46.1 Å². The SMILES string of the molecule is Cc1cc(C(C)(O)CNC(=O)C(C)C2CCOCC2)c(C)o1. The van der Waals surface area contributed by atoms with E-state index in [1.165, 1.54) is 0 Å². The lowest BCUT2D eigenvalue weighted by molar-refractivity contribution is -0.128. The number of rotatable bonds is 5. The van der Waals surface area contributed by atoms with Crippen molar-refractivity contribution >= 4 is 5.91 Å². The smallest absolute Gasteiger partial charge is 0.223 e. The van der Waals surface area contributed by atoms with Gasteiger partial charge in [-0.15, -0.1) is 0 Å². The minimum Gasteiger partial charge on any atom is -0.466 e. The van der Waals surface area contributed by atoms with Gasteiger partial charge in [-0.25, -0.2) is 0 Å². The van der Waals surface area contributed by atoms with Crippen molar-refractivity contribution in [3.63, 3.8) is 0 Å². The van der Waals surface area contributed by atoms with Crippen molar-refractivity contribution in [1.29, 1.82) is 0 Å². The summed E-state index contributed by atoms with van der Waals surface area (Å²) in [6.07, 6.45) is 1.84. The Labute approximate surface area is 132 Å². The first-order valence-corrected chi connectivity index (χ1v) is 7.96. The van der Waals surface area contributed by atoms with Gasteiger partial charge in [-0.1, -0.05) is 6.92 Å². The number of hydrogen-bond acceptors (Lipinski definition) is 4. The van der Waals surface area contributed by atoms with Crippen LogP contribution in [0.25, 0.3) is 0 Å². The number of aryl methyl sites for hydroxylation is 2. The van der Waals surface area contributed by atoms with E-state index in [1.54, 1.807) is 6.92 Å². The van der Waals surface area contributed by atoms with E-state index in [-0.39, 0.29) is 18.4 Å². The highest BCUT2D eigenvalue weighted by Gasteiger charge is 2.31. The van der Waals surface area contributed by atoms with Crippen molar-refractivity contribution in [2.24, 2.45) is 11.8 Å². The Balaban J connectivity index is 1.93. The third-order valence-corrected chi connectivity index (χ3v) is 4.61. The highest BCUT2D eigenvalue weighted by molar-refractivity contribution is 5.78. The fourth-order valence-corrected chi connectivity index (χ4v) is 3.11. The van der Waals surface area contributed by atoms with E-state index in [0.717, 1.165) is 37.4 Å². The fourth-order valence-electron chi connectivity index (χ4n) is 3.11. The zero-order valence-electron chi connectivity index (χ0n) is 13.9. The van der Waals surface area contributed by atoms with Crippen LogP contribution in [0.1, 0.15) is 43.8 Å². The summed E-state index contributed by atoms with van der Waals surface area (Å²) in [6.45, 7) is 8.96. The van der Waals surface area contributed by atoms with Crippen LogP contribution in [0.4, 0.5) is 0 Å². The summed E-state index contributed by atoms with van der Waals surface area (Å²) in [6, 6.07) is 1.82. The molecular weight excluding hydrogens is 282 g/mol. The molecule has 22 heavy (non-hydrogen) atoms. The van der Waals surface area contributed by atoms with E-state index in [1.807, 2.05) is 26.8 Å². The molecule has 1 aromatic rings. The first-order chi connectivity index (χ1) is 10.3. The standard InChI is InChI=1S/C17H27NO4/c1-11-9-15(13(3)22-11)17(4,20)10-18-16(19)12(2)14-5-7-21-8-6-14/h9,12,14,20H,5-8,10H2,1-4H3,(H,18,19). The summed E-state index contributed by atoms with van der Waals surface area (Å²) in [4.78, 5) is 12.3. The Kier molecular flexibility index (Phi) is 5.29. The molecule has 0 radical (unpaired) electrons. The van der Waals surface area contributed by atoms with Gasteiger partial charge in [0.15, 0.2) is 0 Å². The molecule has 1 fully saturated rings. The van der Waals surface area contributed by atoms with E-state index >= 15 is 0 Å². The van der Waals surface area contributed by atoms with Crippen LogP contribution in [0.3, 0.4) is 0 Å². The Morgan fingerprint density at radius 2 is 2.09 bits per heavy atom. The van der Waals surface area contributed by atoms with Gasteiger partial charge in [-0.3, -0.25) is 4.79 Å². The van der Waals surface area contributed by atoms with Crippen LogP contribution >= 0.6 is 0 Å². The molecule has 1 saturated heterocycles. The van der Waals surface area contributed by atoms with Gasteiger partial charge in [0.1, 0.15) is 17.1 Å². The quantitative estimate of drug-likeness (QED) is 0.875. The average Bonchev–Trinajstić information content (AvgIpc) is 2.84. The summed E-state index contributed by atoms with van der Waals surface area (Å²) in [5.74, 6) is 1.73. The van der Waals surface area contributed by atoms with E-state index in [0.29, 0.717) is 11.7 Å². The first-order valence-electron chi connectivity index (χ1n) is 7.96. The van der Waals surface area contributed by atoms with Gasteiger partial charge in [-0.2, -0.15) is 0 Å². The summed E-state index contributed by atoms with van der Waals surface area (Å²) < 4.78 is 10.8. The number of furan rings is 1. The monoisotopic (exact) mass is 309 g/mol. The van der Waals surface area contributed by atoms with Crippen LogP contribution in [0.15, 0.2) is 10.5 Å². The largest absolute Gasteiger partial charge is 0.466 e. The second kappa shape index (κ2) is 6.84. The number of nitrogens with one attached hydrogen (secondary N) is 1. The van der Waals surface area contributed by atoms with Gasteiger partial charge in [-0.05, 0) is 45.6 Å². The number of amides is 1. The van der Waals surface area contributed by atoms with Gasteiger partial charge < -0.3 is 19.6 Å². The molecule has 0 spiro atoms. The zero-order valence-corrected chi connectivity index (χ0v) is 13.9. The number of aliphatic hydroxyl groups is 1. The van der Waals surface area contributed by atoms with Crippen molar-refractivity contribution in [3.8, 4) is 0 Å². The predicted molar refractivity (Wildman–Crippen MR) is 83.5 cm³/mol. The highest BCUT2D eigenvalue weighted by atomic mass is 16.5. The minimum absolute atomic E-state index is 0.00922. The maximum absolute atomic E-state index is 12.3. The van der Waals surface area contributed by atoms with Gasteiger partial charge in [0.25, 0.3) is 0 Å². The van der Waals surface area contributed by atoms with Crippen molar-refractivity contribution < 1.29 is 19.1 Å². The topological polar surface area (TPSA) is 71.7 Å². The molecule has 124 valence electrons. The molecule has 1 amide bonds. The van der Waals surface area contributed by atoms with Crippen LogP contribution in [-0.4, -0.2) is 30.8 Å². The molecule has 0 aliphatic carbocycles. The second-order valence-electron chi connectivity index (χ2n) is 6.56. The first kappa shape index (κ1) is 17.0. The van der Waals surface area contributed by atoms with Crippen LogP contribution < -0.4 is 5.32 Å². The molecule has 2 atom stereocenters. The lowest BCUT2D eigenvalue weighted by Gasteiger charge is -2.29. The fraction of sp³-hybridized carbons (Fsp3) is 0.706. The summed E-state index contributed by atoms with van der Waals surface area (Å²) in [5, 5.41) is 13.5.